The molecule has 6 nitrogen and oxygen atoms in total. The Morgan fingerprint density at radius 2 is 1.96 bits per heavy atom. The standard InChI is InChI=1S/C19H22N6/c1-25(2)10-9-14(20)12-7-8-15-13(11-12)18(24-23-15)19-21-16-5-3-4-6-17(16)22-19/h3-8,11,14H,9-10,20H2,1-2H3,(H,21,22)(H,23,24). The van der Waals surface area contributed by atoms with Crippen molar-refractivity contribution in [3.05, 3.63) is 48.0 Å². The number of aromatic nitrogens is 4. The highest BCUT2D eigenvalue weighted by Gasteiger charge is 2.15. The van der Waals surface area contributed by atoms with Crippen molar-refractivity contribution in [2.45, 2.75) is 12.5 Å². The molecule has 2 aromatic heterocycles. The monoisotopic (exact) mass is 334 g/mol. The number of benzene rings is 2. The molecule has 0 aliphatic carbocycles. The Bertz CT molecular complexity index is 980. The molecule has 0 saturated heterocycles. The number of imidazole rings is 1. The second-order valence-electron chi connectivity index (χ2n) is 6.68. The topological polar surface area (TPSA) is 86.6 Å². The molecule has 0 aliphatic heterocycles. The number of nitrogens with two attached hydrogens (primary N) is 1. The number of para-hydroxylation sites is 2. The molecule has 4 aromatic rings. The molecule has 0 fully saturated rings. The van der Waals surface area contributed by atoms with E-state index in [9.17, 15) is 0 Å². The van der Waals surface area contributed by atoms with Gasteiger partial charge in [0, 0.05) is 11.4 Å². The van der Waals surface area contributed by atoms with Gasteiger partial charge in [-0.05, 0) is 56.9 Å². The summed E-state index contributed by atoms with van der Waals surface area (Å²) in [5.74, 6) is 0.770. The van der Waals surface area contributed by atoms with Crippen LogP contribution in [-0.4, -0.2) is 45.7 Å². The lowest BCUT2D eigenvalue weighted by Gasteiger charge is -2.15. The average molecular weight is 334 g/mol. The summed E-state index contributed by atoms with van der Waals surface area (Å²) in [5.41, 5.74) is 11.2. The molecule has 0 saturated carbocycles. The molecule has 4 N–H and O–H groups in total. The van der Waals surface area contributed by atoms with Crippen molar-refractivity contribution < 1.29 is 0 Å². The van der Waals surface area contributed by atoms with Crippen LogP contribution in [0.1, 0.15) is 18.0 Å². The fourth-order valence-electron chi connectivity index (χ4n) is 3.07. The first-order chi connectivity index (χ1) is 12.1. The second-order valence-corrected chi connectivity index (χ2v) is 6.68. The van der Waals surface area contributed by atoms with Crippen LogP contribution in [0.25, 0.3) is 33.5 Å². The minimum absolute atomic E-state index is 0.00484. The van der Waals surface area contributed by atoms with Gasteiger partial charge in [0.05, 0.1) is 16.6 Å². The van der Waals surface area contributed by atoms with Crippen molar-refractivity contribution in [1.29, 1.82) is 0 Å². The SMILES string of the molecule is CN(C)CCC(N)c1ccc2[nH]nc(-c3nc4ccccc4[nH]3)c2c1. The number of hydrogen-bond donors (Lipinski definition) is 3. The molecule has 0 spiro atoms. The Hall–Kier alpha value is -2.70. The van der Waals surface area contributed by atoms with E-state index < -0.39 is 0 Å². The average Bonchev–Trinajstić information content (AvgIpc) is 3.22. The van der Waals surface area contributed by atoms with Gasteiger partial charge in [-0.15, -0.1) is 0 Å². The largest absolute Gasteiger partial charge is 0.337 e. The van der Waals surface area contributed by atoms with Gasteiger partial charge in [-0.2, -0.15) is 5.10 Å². The number of hydrogen-bond acceptors (Lipinski definition) is 4. The van der Waals surface area contributed by atoms with Gasteiger partial charge in [-0.1, -0.05) is 18.2 Å². The molecule has 6 heteroatoms. The first-order valence-electron chi connectivity index (χ1n) is 8.45. The van der Waals surface area contributed by atoms with Crippen molar-refractivity contribution in [3.8, 4) is 11.5 Å². The zero-order valence-corrected chi connectivity index (χ0v) is 14.5. The zero-order valence-electron chi connectivity index (χ0n) is 14.5. The Balaban J connectivity index is 1.73. The number of rotatable bonds is 5. The molecule has 4 rings (SSSR count). The minimum atomic E-state index is 0.00484. The van der Waals surface area contributed by atoms with E-state index in [4.69, 9.17) is 5.73 Å². The van der Waals surface area contributed by atoms with Crippen LogP contribution >= 0.6 is 0 Å². The molecule has 2 aromatic carbocycles. The number of nitrogens with zero attached hydrogens (tertiary/aromatic N) is 3. The number of aromatic amines is 2. The summed E-state index contributed by atoms with van der Waals surface area (Å²) in [6.07, 6.45) is 0.913. The van der Waals surface area contributed by atoms with Crippen LogP contribution in [0.15, 0.2) is 42.5 Å². The van der Waals surface area contributed by atoms with Gasteiger partial charge in [0.1, 0.15) is 5.69 Å². The summed E-state index contributed by atoms with van der Waals surface area (Å²) in [7, 11) is 4.12. The van der Waals surface area contributed by atoms with E-state index in [1.165, 1.54) is 0 Å². The van der Waals surface area contributed by atoms with Gasteiger partial charge >= 0.3 is 0 Å². The first-order valence-corrected chi connectivity index (χ1v) is 8.45. The van der Waals surface area contributed by atoms with E-state index in [-0.39, 0.29) is 6.04 Å². The first kappa shape index (κ1) is 15.8. The molecule has 1 atom stereocenters. The smallest absolute Gasteiger partial charge is 0.159 e. The van der Waals surface area contributed by atoms with Crippen LogP contribution in [0.2, 0.25) is 0 Å². The van der Waals surface area contributed by atoms with Crippen molar-refractivity contribution >= 4 is 21.9 Å². The Kier molecular flexibility index (Phi) is 3.99. The predicted molar refractivity (Wildman–Crippen MR) is 101 cm³/mol. The van der Waals surface area contributed by atoms with Crippen LogP contribution in [0.3, 0.4) is 0 Å². The summed E-state index contributed by atoms with van der Waals surface area (Å²) in [4.78, 5) is 10.2. The van der Waals surface area contributed by atoms with E-state index in [0.717, 1.165) is 52.0 Å². The van der Waals surface area contributed by atoms with Gasteiger partial charge in [-0.3, -0.25) is 5.10 Å². The Morgan fingerprint density at radius 3 is 2.76 bits per heavy atom. The van der Waals surface area contributed by atoms with Gasteiger partial charge in [-0.25, -0.2) is 4.98 Å². The van der Waals surface area contributed by atoms with Crippen molar-refractivity contribution in [1.82, 2.24) is 25.1 Å². The van der Waals surface area contributed by atoms with Crippen LogP contribution < -0.4 is 5.73 Å². The van der Waals surface area contributed by atoms with E-state index in [2.05, 4.69) is 51.3 Å². The van der Waals surface area contributed by atoms with Gasteiger partial charge in [0.15, 0.2) is 5.82 Å². The van der Waals surface area contributed by atoms with E-state index in [1.807, 2.05) is 30.3 Å². The summed E-state index contributed by atoms with van der Waals surface area (Å²) >= 11 is 0. The molecular formula is C19H22N6. The maximum Gasteiger partial charge on any atom is 0.159 e. The molecule has 0 bridgehead atoms. The lowest BCUT2D eigenvalue weighted by Crippen LogP contribution is -2.20. The molecule has 0 radical (unpaired) electrons. The van der Waals surface area contributed by atoms with Gasteiger partial charge < -0.3 is 15.6 Å². The molecule has 0 aliphatic rings. The van der Waals surface area contributed by atoms with Gasteiger partial charge in [0.25, 0.3) is 0 Å². The van der Waals surface area contributed by atoms with Gasteiger partial charge in [0.2, 0.25) is 0 Å². The summed E-state index contributed by atoms with van der Waals surface area (Å²) in [6.45, 7) is 0.959. The fraction of sp³-hybridized carbons (Fsp3) is 0.263. The minimum Gasteiger partial charge on any atom is -0.337 e. The maximum atomic E-state index is 6.37. The maximum absolute atomic E-state index is 6.37. The quantitative estimate of drug-likeness (QED) is 0.523. The van der Waals surface area contributed by atoms with Crippen molar-refractivity contribution in [2.24, 2.45) is 5.73 Å². The summed E-state index contributed by atoms with van der Waals surface area (Å²) < 4.78 is 0. The molecular weight excluding hydrogens is 312 g/mol. The third-order valence-corrected chi connectivity index (χ3v) is 4.52. The van der Waals surface area contributed by atoms with Crippen molar-refractivity contribution in [3.63, 3.8) is 0 Å². The van der Waals surface area contributed by atoms with Crippen LogP contribution in [0.5, 0.6) is 0 Å². The Morgan fingerprint density at radius 1 is 1.12 bits per heavy atom. The third-order valence-electron chi connectivity index (χ3n) is 4.52. The number of nitrogens with one attached hydrogen (secondary N) is 2. The molecule has 1 unspecified atom stereocenters. The van der Waals surface area contributed by atoms with E-state index in [0.29, 0.717) is 0 Å². The number of H-pyrrole nitrogens is 2. The third kappa shape index (κ3) is 3.01. The fourth-order valence-corrected chi connectivity index (χ4v) is 3.07. The van der Waals surface area contributed by atoms with Crippen LogP contribution in [0, 0.1) is 0 Å². The highest BCUT2D eigenvalue weighted by Crippen LogP contribution is 2.28. The Labute approximate surface area is 146 Å². The second kappa shape index (κ2) is 6.31. The zero-order chi connectivity index (χ0) is 17.4. The van der Waals surface area contributed by atoms with E-state index in [1.54, 1.807) is 0 Å². The highest BCUT2D eigenvalue weighted by molar-refractivity contribution is 5.93. The highest BCUT2D eigenvalue weighted by atomic mass is 15.1. The molecule has 2 heterocycles. The molecule has 128 valence electrons. The molecule has 0 amide bonds. The predicted octanol–water partition coefficient (Wildman–Crippen LogP) is 3.06. The summed E-state index contributed by atoms with van der Waals surface area (Å²) in [5, 5.41) is 8.59. The number of fused-ring (bicyclic) bond motifs is 2. The lowest BCUT2D eigenvalue weighted by molar-refractivity contribution is 0.383. The lowest BCUT2D eigenvalue weighted by atomic mass is 10.0. The van der Waals surface area contributed by atoms with Crippen LogP contribution in [-0.2, 0) is 0 Å². The molecule has 25 heavy (non-hydrogen) atoms. The van der Waals surface area contributed by atoms with E-state index >= 15 is 0 Å². The normalized spacial score (nSPS) is 13.1. The summed E-state index contributed by atoms with van der Waals surface area (Å²) in [6, 6.07) is 14.2. The van der Waals surface area contributed by atoms with Crippen molar-refractivity contribution in [2.75, 3.05) is 20.6 Å². The van der Waals surface area contributed by atoms with Crippen LogP contribution in [0.4, 0.5) is 0 Å².